The average molecular weight is 170 g/mol. The van der Waals surface area contributed by atoms with Gasteiger partial charge in [-0.05, 0) is 13.1 Å². The van der Waals surface area contributed by atoms with Gasteiger partial charge in [-0.3, -0.25) is 9.69 Å². The summed E-state index contributed by atoms with van der Waals surface area (Å²) in [6.45, 7) is 10.5. The standard InChI is InChI=1S/C9H18N2O/c1-4-7-10-9(12)8-11(5-2)6-3/h4H,1,5-8H2,2-3H3,(H,10,12). The Morgan fingerprint density at radius 3 is 2.50 bits per heavy atom. The number of carbonyl (C=O) groups is 1. The van der Waals surface area contributed by atoms with Crippen LogP contribution in [0.5, 0.6) is 0 Å². The molecule has 0 heterocycles. The first-order valence-electron chi connectivity index (χ1n) is 4.34. The molecule has 0 aromatic carbocycles. The van der Waals surface area contributed by atoms with Gasteiger partial charge < -0.3 is 5.32 Å². The molecule has 12 heavy (non-hydrogen) atoms. The number of hydrogen-bond donors (Lipinski definition) is 1. The summed E-state index contributed by atoms with van der Waals surface area (Å²) < 4.78 is 0. The molecule has 0 spiro atoms. The van der Waals surface area contributed by atoms with Gasteiger partial charge in [-0.15, -0.1) is 6.58 Å². The van der Waals surface area contributed by atoms with Crippen molar-refractivity contribution in [3.63, 3.8) is 0 Å². The molecule has 0 rings (SSSR count). The SMILES string of the molecule is C=CCNC(=O)CN(CC)CC. The summed E-state index contributed by atoms with van der Waals surface area (Å²) in [6, 6.07) is 0. The fourth-order valence-corrected chi connectivity index (χ4v) is 0.892. The molecule has 0 aliphatic heterocycles. The number of likely N-dealkylation sites (N-methyl/N-ethyl adjacent to an activating group) is 1. The summed E-state index contributed by atoms with van der Waals surface area (Å²) in [6.07, 6.45) is 1.68. The Morgan fingerprint density at radius 1 is 1.50 bits per heavy atom. The summed E-state index contributed by atoms with van der Waals surface area (Å²) in [4.78, 5) is 13.2. The predicted molar refractivity (Wildman–Crippen MR) is 51.0 cm³/mol. The first-order chi connectivity index (χ1) is 5.74. The van der Waals surface area contributed by atoms with Gasteiger partial charge in [0.25, 0.3) is 0 Å². The van der Waals surface area contributed by atoms with Crippen LogP contribution < -0.4 is 5.32 Å². The van der Waals surface area contributed by atoms with Crippen molar-refractivity contribution < 1.29 is 4.79 Å². The normalized spacial score (nSPS) is 9.92. The number of hydrogen-bond acceptors (Lipinski definition) is 2. The Balaban J connectivity index is 3.58. The molecule has 0 atom stereocenters. The molecular weight excluding hydrogens is 152 g/mol. The highest BCUT2D eigenvalue weighted by atomic mass is 16.2. The van der Waals surface area contributed by atoms with E-state index in [1.807, 2.05) is 13.8 Å². The third-order valence-electron chi connectivity index (χ3n) is 1.71. The fourth-order valence-electron chi connectivity index (χ4n) is 0.892. The maximum atomic E-state index is 11.1. The van der Waals surface area contributed by atoms with Crippen LogP contribution in [0.15, 0.2) is 12.7 Å². The molecule has 0 aliphatic carbocycles. The van der Waals surface area contributed by atoms with Crippen LogP contribution in [0, 0.1) is 0 Å². The van der Waals surface area contributed by atoms with Crippen LogP contribution in [-0.4, -0.2) is 37.0 Å². The van der Waals surface area contributed by atoms with Crippen LogP contribution in [0.3, 0.4) is 0 Å². The minimum atomic E-state index is 0.0681. The van der Waals surface area contributed by atoms with Gasteiger partial charge in [0, 0.05) is 6.54 Å². The number of carbonyl (C=O) groups excluding carboxylic acids is 1. The molecule has 1 N–H and O–H groups in total. The van der Waals surface area contributed by atoms with Crippen molar-refractivity contribution in [3.8, 4) is 0 Å². The lowest BCUT2D eigenvalue weighted by atomic mass is 10.4. The van der Waals surface area contributed by atoms with E-state index in [0.717, 1.165) is 13.1 Å². The van der Waals surface area contributed by atoms with E-state index in [2.05, 4.69) is 16.8 Å². The summed E-state index contributed by atoms with van der Waals surface area (Å²) in [7, 11) is 0. The van der Waals surface area contributed by atoms with Crippen LogP contribution in [0.1, 0.15) is 13.8 Å². The molecule has 0 aromatic rings. The first kappa shape index (κ1) is 11.2. The molecule has 0 saturated heterocycles. The molecule has 3 heteroatoms. The Morgan fingerprint density at radius 2 is 2.08 bits per heavy atom. The Hall–Kier alpha value is -0.830. The second-order valence-corrected chi connectivity index (χ2v) is 2.55. The summed E-state index contributed by atoms with van der Waals surface area (Å²) in [5.41, 5.74) is 0. The Bertz CT molecular complexity index is 141. The lowest BCUT2D eigenvalue weighted by molar-refractivity contribution is -0.121. The second kappa shape index (κ2) is 6.85. The smallest absolute Gasteiger partial charge is 0.234 e. The number of rotatable bonds is 6. The van der Waals surface area contributed by atoms with Crippen molar-refractivity contribution in [1.82, 2.24) is 10.2 Å². The van der Waals surface area contributed by atoms with E-state index < -0.39 is 0 Å². The zero-order valence-corrected chi connectivity index (χ0v) is 7.97. The monoisotopic (exact) mass is 170 g/mol. The summed E-state index contributed by atoms with van der Waals surface area (Å²) in [5, 5.41) is 2.73. The van der Waals surface area contributed by atoms with Gasteiger partial charge >= 0.3 is 0 Å². The highest BCUT2D eigenvalue weighted by Crippen LogP contribution is 1.85. The number of nitrogens with one attached hydrogen (secondary N) is 1. The van der Waals surface area contributed by atoms with E-state index in [1.165, 1.54) is 0 Å². The van der Waals surface area contributed by atoms with Gasteiger partial charge in [0.2, 0.25) is 5.91 Å². The average Bonchev–Trinajstić information content (AvgIpc) is 2.10. The Kier molecular flexibility index (Phi) is 6.38. The molecule has 70 valence electrons. The Labute approximate surface area is 74.4 Å². The van der Waals surface area contributed by atoms with Gasteiger partial charge in [-0.1, -0.05) is 19.9 Å². The van der Waals surface area contributed by atoms with Crippen molar-refractivity contribution in [2.75, 3.05) is 26.2 Å². The van der Waals surface area contributed by atoms with Gasteiger partial charge in [0.05, 0.1) is 6.54 Å². The number of nitrogens with zero attached hydrogens (tertiary/aromatic N) is 1. The third kappa shape index (κ3) is 4.91. The molecular formula is C9H18N2O. The van der Waals surface area contributed by atoms with Gasteiger partial charge in [-0.25, -0.2) is 0 Å². The molecule has 0 bridgehead atoms. The minimum absolute atomic E-state index is 0.0681. The van der Waals surface area contributed by atoms with Gasteiger partial charge in [0.1, 0.15) is 0 Å². The van der Waals surface area contributed by atoms with Crippen molar-refractivity contribution in [2.45, 2.75) is 13.8 Å². The van der Waals surface area contributed by atoms with E-state index >= 15 is 0 Å². The lowest BCUT2D eigenvalue weighted by Gasteiger charge is -2.16. The van der Waals surface area contributed by atoms with Gasteiger partial charge in [0.15, 0.2) is 0 Å². The topological polar surface area (TPSA) is 32.3 Å². The summed E-state index contributed by atoms with van der Waals surface area (Å²) >= 11 is 0. The van der Waals surface area contributed by atoms with Crippen molar-refractivity contribution in [2.24, 2.45) is 0 Å². The van der Waals surface area contributed by atoms with E-state index in [0.29, 0.717) is 13.1 Å². The molecule has 0 unspecified atom stereocenters. The van der Waals surface area contributed by atoms with Crippen molar-refractivity contribution in [1.29, 1.82) is 0 Å². The lowest BCUT2D eigenvalue weighted by Crippen LogP contribution is -2.37. The zero-order valence-electron chi connectivity index (χ0n) is 7.97. The van der Waals surface area contributed by atoms with Crippen LogP contribution >= 0.6 is 0 Å². The fraction of sp³-hybridized carbons (Fsp3) is 0.667. The molecule has 0 aliphatic rings. The third-order valence-corrected chi connectivity index (χ3v) is 1.71. The highest BCUT2D eigenvalue weighted by Gasteiger charge is 2.04. The van der Waals surface area contributed by atoms with Crippen molar-refractivity contribution >= 4 is 5.91 Å². The molecule has 3 nitrogen and oxygen atoms in total. The molecule has 0 radical (unpaired) electrons. The zero-order chi connectivity index (χ0) is 9.40. The van der Waals surface area contributed by atoms with Crippen LogP contribution in [0.2, 0.25) is 0 Å². The quantitative estimate of drug-likeness (QED) is 0.593. The minimum Gasteiger partial charge on any atom is -0.352 e. The molecule has 0 aromatic heterocycles. The predicted octanol–water partition coefficient (Wildman–Crippen LogP) is 0.630. The maximum absolute atomic E-state index is 11.1. The molecule has 0 fully saturated rings. The van der Waals surface area contributed by atoms with Crippen LogP contribution in [0.4, 0.5) is 0 Å². The van der Waals surface area contributed by atoms with Crippen LogP contribution in [0.25, 0.3) is 0 Å². The van der Waals surface area contributed by atoms with E-state index in [9.17, 15) is 4.79 Å². The molecule has 1 amide bonds. The molecule has 0 saturated carbocycles. The summed E-state index contributed by atoms with van der Waals surface area (Å²) in [5.74, 6) is 0.0681. The number of amides is 1. The van der Waals surface area contributed by atoms with Crippen molar-refractivity contribution in [3.05, 3.63) is 12.7 Å². The van der Waals surface area contributed by atoms with Crippen LogP contribution in [-0.2, 0) is 4.79 Å². The highest BCUT2D eigenvalue weighted by molar-refractivity contribution is 5.78. The largest absolute Gasteiger partial charge is 0.352 e. The first-order valence-corrected chi connectivity index (χ1v) is 4.34. The van der Waals surface area contributed by atoms with E-state index in [-0.39, 0.29) is 5.91 Å². The van der Waals surface area contributed by atoms with Gasteiger partial charge in [-0.2, -0.15) is 0 Å². The van der Waals surface area contributed by atoms with E-state index in [4.69, 9.17) is 0 Å². The second-order valence-electron chi connectivity index (χ2n) is 2.55. The maximum Gasteiger partial charge on any atom is 0.234 e. The van der Waals surface area contributed by atoms with E-state index in [1.54, 1.807) is 6.08 Å².